The van der Waals surface area contributed by atoms with Gasteiger partial charge in [0, 0.05) is 18.3 Å². The molecule has 0 bridgehead atoms. The van der Waals surface area contributed by atoms with Gasteiger partial charge < -0.3 is 15.4 Å². The summed E-state index contributed by atoms with van der Waals surface area (Å²) >= 11 is 0. The minimum Gasteiger partial charge on any atom is -0.497 e. The maximum Gasteiger partial charge on any atom is 0.232 e. The van der Waals surface area contributed by atoms with Gasteiger partial charge in [0.25, 0.3) is 0 Å². The van der Waals surface area contributed by atoms with Gasteiger partial charge in [-0.2, -0.15) is 0 Å². The van der Waals surface area contributed by atoms with Gasteiger partial charge in [0.2, 0.25) is 5.91 Å². The summed E-state index contributed by atoms with van der Waals surface area (Å²) in [5, 5.41) is 6.32. The molecule has 1 aromatic rings. The monoisotopic (exact) mass is 262 g/mol. The molecule has 2 N–H and O–H groups in total. The first-order valence-corrected chi connectivity index (χ1v) is 6.75. The standard InChI is InChI=1S/C15H22N2O2/c1-11(2)15(7-8-16-10-15)14(18)17-12-5-4-6-13(9-12)19-3/h4-6,9,11,16H,7-8,10H2,1-3H3,(H,17,18). The Balaban J connectivity index is 2.15. The molecular weight excluding hydrogens is 240 g/mol. The molecule has 4 nitrogen and oxygen atoms in total. The molecule has 4 heteroatoms. The highest BCUT2D eigenvalue weighted by molar-refractivity contribution is 5.96. The first-order valence-electron chi connectivity index (χ1n) is 6.75. The van der Waals surface area contributed by atoms with E-state index in [1.54, 1.807) is 7.11 Å². The van der Waals surface area contributed by atoms with Crippen LogP contribution in [0.4, 0.5) is 5.69 Å². The third-order valence-electron chi connectivity index (χ3n) is 4.07. The summed E-state index contributed by atoms with van der Waals surface area (Å²) in [5.74, 6) is 1.16. The van der Waals surface area contributed by atoms with E-state index in [2.05, 4.69) is 24.5 Å². The minimum absolute atomic E-state index is 0.0979. The van der Waals surface area contributed by atoms with Gasteiger partial charge in [-0.3, -0.25) is 4.79 Å². The molecule has 0 aromatic heterocycles. The Morgan fingerprint density at radius 2 is 2.26 bits per heavy atom. The van der Waals surface area contributed by atoms with Crippen LogP contribution >= 0.6 is 0 Å². The summed E-state index contributed by atoms with van der Waals surface area (Å²) in [7, 11) is 1.62. The largest absolute Gasteiger partial charge is 0.497 e. The Bertz CT molecular complexity index is 451. The molecule has 1 aliphatic rings. The van der Waals surface area contributed by atoms with Crippen molar-refractivity contribution in [2.45, 2.75) is 20.3 Å². The summed E-state index contributed by atoms with van der Waals surface area (Å²) in [4.78, 5) is 12.6. The molecule has 0 saturated carbocycles. The fourth-order valence-corrected chi connectivity index (χ4v) is 2.62. The van der Waals surface area contributed by atoms with E-state index < -0.39 is 0 Å². The third-order valence-corrected chi connectivity index (χ3v) is 4.07. The maximum atomic E-state index is 12.6. The lowest BCUT2D eigenvalue weighted by Gasteiger charge is -2.31. The number of rotatable bonds is 4. The topological polar surface area (TPSA) is 50.4 Å². The number of carbonyl (C=O) groups is 1. The molecule has 1 unspecified atom stereocenters. The Hall–Kier alpha value is -1.55. The SMILES string of the molecule is COc1cccc(NC(=O)C2(C(C)C)CCNC2)c1. The highest BCUT2D eigenvalue weighted by Gasteiger charge is 2.43. The van der Waals surface area contributed by atoms with Gasteiger partial charge in [-0.25, -0.2) is 0 Å². The van der Waals surface area contributed by atoms with Crippen molar-refractivity contribution in [2.24, 2.45) is 11.3 Å². The molecule has 1 fully saturated rings. The fraction of sp³-hybridized carbons (Fsp3) is 0.533. The summed E-state index contributed by atoms with van der Waals surface area (Å²) in [6.07, 6.45) is 0.889. The molecule has 104 valence electrons. The number of hydrogen-bond donors (Lipinski definition) is 2. The Labute approximate surface area is 114 Å². The van der Waals surface area contributed by atoms with Crippen LogP contribution in [-0.2, 0) is 4.79 Å². The van der Waals surface area contributed by atoms with Crippen molar-refractivity contribution in [3.05, 3.63) is 24.3 Å². The van der Waals surface area contributed by atoms with Crippen molar-refractivity contribution in [3.63, 3.8) is 0 Å². The lowest BCUT2D eigenvalue weighted by atomic mass is 9.75. The van der Waals surface area contributed by atoms with Crippen LogP contribution in [0.15, 0.2) is 24.3 Å². The number of ether oxygens (including phenoxy) is 1. The van der Waals surface area contributed by atoms with Crippen LogP contribution in [0, 0.1) is 11.3 Å². The van der Waals surface area contributed by atoms with E-state index in [9.17, 15) is 4.79 Å². The molecule has 0 aliphatic carbocycles. The van der Waals surface area contributed by atoms with Gasteiger partial charge in [-0.05, 0) is 31.0 Å². The molecule has 0 spiro atoms. The van der Waals surface area contributed by atoms with Gasteiger partial charge in [-0.15, -0.1) is 0 Å². The van der Waals surface area contributed by atoms with Crippen molar-refractivity contribution in [3.8, 4) is 5.75 Å². The van der Waals surface area contributed by atoms with Gasteiger partial charge >= 0.3 is 0 Å². The molecule has 2 rings (SSSR count). The lowest BCUT2D eigenvalue weighted by molar-refractivity contribution is -0.126. The number of anilines is 1. The van der Waals surface area contributed by atoms with Crippen LogP contribution in [-0.4, -0.2) is 26.1 Å². The molecule has 1 aromatic carbocycles. The summed E-state index contributed by atoms with van der Waals surface area (Å²) < 4.78 is 5.17. The zero-order valence-electron chi connectivity index (χ0n) is 11.8. The third kappa shape index (κ3) is 2.73. The van der Waals surface area contributed by atoms with E-state index in [0.717, 1.165) is 30.9 Å². The van der Waals surface area contributed by atoms with E-state index in [-0.39, 0.29) is 11.3 Å². The fourth-order valence-electron chi connectivity index (χ4n) is 2.62. The highest BCUT2D eigenvalue weighted by Crippen LogP contribution is 2.35. The van der Waals surface area contributed by atoms with Gasteiger partial charge in [-0.1, -0.05) is 19.9 Å². The van der Waals surface area contributed by atoms with Crippen molar-refractivity contribution in [2.75, 3.05) is 25.5 Å². The molecular formula is C15H22N2O2. The van der Waals surface area contributed by atoms with E-state index in [1.807, 2.05) is 24.3 Å². The summed E-state index contributed by atoms with van der Waals surface area (Å²) in [6.45, 7) is 5.88. The molecule has 1 amide bonds. The van der Waals surface area contributed by atoms with Gasteiger partial charge in [0.15, 0.2) is 0 Å². The van der Waals surface area contributed by atoms with Gasteiger partial charge in [0.1, 0.15) is 5.75 Å². The van der Waals surface area contributed by atoms with E-state index in [1.165, 1.54) is 0 Å². The summed E-state index contributed by atoms with van der Waals surface area (Å²) in [6, 6.07) is 7.47. The Kier molecular flexibility index (Phi) is 4.10. The second kappa shape index (κ2) is 5.61. The number of carbonyl (C=O) groups excluding carboxylic acids is 1. The average Bonchev–Trinajstić information content (AvgIpc) is 2.89. The van der Waals surface area contributed by atoms with Crippen LogP contribution in [0.25, 0.3) is 0 Å². The van der Waals surface area contributed by atoms with Crippen molar-refractivity contribution in [1.82, 2.24) is 5.32 Å². The minimum atomic E-state index is -0.303. The van der Waals surface area contributed by atoms with Crippen molar-refractivity contribution >= 4 is 11.6 Å². The predicted molar refractivity (Wildman–Crippen MR) is 76.4 cm³/mol. The van der Waals surface area contributed by atoms with Crippen molar-refractivity contribution in [1.29, 1.82) is 0 Å². The number of benzene rings is 1. The Morgan fingerprint density at radius 3 is 2.84 bits per heavy atom. The van der Waals surface area contributed by atoms with E-state index in [4.69, 9.17) is 4.74 Å². The number of hydrogen-bond acceptors (Lipinski definition) is 3. The van der Waals surface area contributed by atoms with Gasteiger partial charge in [0.05, 0.1) is 12.5 Å². The van der Waals surface area contributed by atoms with Crippen LogP contribution in [0.1, 0.15) is 20.3 Å². The number of nitrogens with one attached hydrogen (secondary N) is 2. The zero-order chi connectivity index (χ0) is 13.9. The quantitative estimate of drug-likeness (QED) is 0.875. The zero-order valence-corrected chi connectivity index (χ0v) is 11.8. The first kappa shape index (κ1) is 13.9. The average molecular weight is 262 g/mol. The first-order chi connectivity index (χ1) is 9.08. The second-order valence-corrected chi connectivity index (χ2v) is 5.42. The number of methoxy groups -OCH3 is 1. The van der Waals surface area contributed by atoms with Crippen LogP contribution < -0.4 is 15.4 Å². The lowest BCUT2D eigenvalue weighted by Crippen LogP contribution is -2.42. The molecule has 1 atom stereocenters. The molecule has 0 radical (unpaired) electrons. The van der Waals surface area contributed by atoms with Crippen LogP contribution in [0.5, 0.6) is 5.75 Å². The molecule has 1 heterocycles. The molecule has 1 saturated heterocycles. The second-order valence-electron chi connectivity index (χ2n) is 5.42. The van der Waals surface area contributed by atoms with Crippen LogP contribution in [0.2, 0.25) is 0 Å². The molecule has 1 aliphatic heterocycles. The summed E-state index contributed by atoms with van der Waals surface area (Å²) in [5.41, 5.74) is 0.486. The van der Waals surface area contributed by atoms with Crippen LogP contribution in [0.3, 0.4) is 0 Å². The predicted octanol–water partition coefficient (Wildman–Crippen LogP) is 2.27. The normalized spacial score (nSPS) is 22.5. The molecule has 19 heavy (non-hydrogen) atoms. The van der Waals surface area contributed by atoms with Crippen molar-refractivity contribution < 1.29 is 9.53 Å². The van der Waals surface area contributed by atoms with E-state index in [0.29, 0.717) is 5.92 Å². The maximum absolute atomic E-state index is 12.6. The Morgan fingerprint density at radius 1 is 1.47 bits per heavy atom. The smallest absolute Gasteiger partial charge is 0.232 e. The highest BCUT2D eigenvalue weighted by atomic mass is 16.5. The number of amides is 1. The van der Waals surface area contributed by atoms with E-state index >= 15 is 0 Å².